The molecule has 1 atom stereocenters. The van der Waals surface area contributed by atoms with Crippen molar-refractivity contribution in [3.8, 4) is 0 Å². The Kier molecular flexibility index (Phi) is 3.54. The molecular weight excluding hydrogens is 297 g/mol. The molecule has 1 saturated carbocycles. The first-order chi connectivity index (χ1) is 9.58. The SMILES string of the molecule is OC(/C(=C\c1ccc(Cl)cc1)n1cncn1)C1(Cl)CC1. The van der Waals surface area contributed by atoms with Crippen molar-refractivity contribution in [1.82, 2.24) is 14.8 Å². The van der Waals surface area contributed by atoms with E-state index in [9.17, 15) is 5.11 Å². The summed E-state index contributed by atoms with van der Waals surface area (Å²) in [5, 5.41) is 15.2. The van der Waals surface area contributed by atoms with Gasteiger partial charge in [0.05, 0.1) is 10.6 Å². The summed E-state index contributed by atoms with van der Waals surface area (Å²) < 4.78 is 1.54. The largest absolute Gasteiger partial charge is 0.385 e. The van der Waals surface area contributed by atoms with Gasteiger partial charge >= 0.3 is 0 Å². The molecule has 104 valence electrons. The Morgan fingerprint density at radius 3 is 2.60 bits per heavy atom. The van der Waals surface area contributed by atoms with E-state index in [1.807, 2.05) is 18.2 Å². The summed E-state index contributed by atoms with van der Waals surface area (Å²) >= 11 is 12.2. The molecule has 0 amide bonds. The Labute approximate surface area is 126 Å². The zero-order valence-corrected chi connectivity index (χ0v) is 12.1. The number of hydrogen-bond donors (Lipinski definition) is 1. The molecule has 1 aliphatic carbocycles. The highest BCUT2D eigenvalue weighted by Gasteiger charge is 2.49. The quantitative estimate of drug-likeness (QED) is 0.883. The van der Waals surface area contributed by atoms with Crippen LogP contribution in [-0.2, 0) is 0 Å². The lowest BCUT2D eigenvalue weighted by Gasteiger charge is -2.19. The first kappa shape index (κ1) is 13.6. The summed E-state index contributed by atoms with van der Waals surface area (Å²) in [4.78, 5) is 3.34. The standard InChI is InChI=1S/C14H13Cl2N3O/c15-11-3-1-10(2-4-11)7-12(19-9-17-8-18-19)13(20)14(16)5-6-14/h1-4,7-9,13,20H,5-6H2/b12-7+. The molecule has 1 N–H and O–H groups in total. The number of aliphatic hydroxyl groups excluding tert-OH is 1. The van der Waals surface area contributed by atoms with E-state index in [1.54, 1.807) is 23.1 Å². The third-order valence-electron chi connectivity index (χ3n) is 3.37. The predicted molar refractivity (Wildman–Crippen MR) is 79.5 cm³/mol. The lowest BCUT2D eigenvalue weighted by atomic mass is 10.1. The van der Waals surface area contributed by atoms with Crippen LogP contribution in [0.2, 0.25) is 5.02 Å². The van der Waals surface area contributed by atoms with Gasteiger partial charge in [-0.1, -0.05) is 23.7 Å². The molecule has 1 fully saturated rings. The zero-order chi connectivity index (χ0) is 14.2. The highest BCUT2D eigenvalue weighted by Crippen LogP contribution is 2.48. The topological polar surface area (TPSA) is 50.9 Å². The van der Waals surface area contributed by atoms with E-state index in [1.165, 1.54) is 6.33 Å². The fourth-order valence-corrected chi connectivity index (χ4v) is 2.33. The minimum atomic E-state index is -0.790. The number of hydrogen-bond acceptors (Lipinski definition) is 3. The van der Waals surface area contributed by atoms with Crippen LogP contribution in [0.5, 0.6) is 0 Å². The van der Waals surface area contributed by atoms with E-state index < -0.39 is 11.0 Å². The van der Waals surface area contributed by atoms with Crippen molar-refractivity contribution in [2.45, 2.75) is 23.8 Å². The maximum Gasteiger partial charge on any atom is 0.138 e. The normalized spacial score (nSPS) is 18.9. The first-order valence-electron chi connectivity index (χ1n) is 6.28. The Morgan fingerprint density at radius 2 is 2.05 bits per heavy atom. The van der Waals surface area contributed by atoms with Crippen molar-refractivity contribution in [3.05, 3.63) is 47.5 Å². The number of alkyl halides is 1. The minimum Gasteiger partial charge on any atom is -0.385 e. The second-order valence-electron chi connectivity index (χ2n) is 4.90. The smallest absolute Gasteiger partial charge is 0.138 e. The van der Waals surface area contributed by atoms with E-state index in [0.717, 1.165) is 18.4 Å². The molecule has 1 aromatic carbocycles. The molecule has 20 heavy (non-hydrogen) atoms. The molecule has 0 radical (unpaired) electrons. The van der Waals surface area contributed by atoms with Gasteiger partial charge in [0.1, 0.15) is 18.8 Å². The molecule has 0 aliphatic heterocycles. The van der Waals surface area contributed by atoms with Gasteiger partial charge in [0, 0.05) is 5.02 Å². The summed E-state index contributed by atoms with van der Waals surface area (Å²) in [6.45, 7) is 0. The van der Waals surface area contributed by atoms with Crippen LogP contribution in [0.4, 0.5) is 0 Å². The van der Waals surface area contributed by atoms with Gasteiger partial charge in [0.25, 0.3) is 0 Å². The number of aromatic nitrogens is 3. The molecule has 1 heterocycles. The van der Waals surface area contributed by atoms with Crippen LogP contribution in [0.3, 0.4) is 0 Å². The molecule has 1 aromatic heterocycles. The van der Waals surface area contributed by atoms with Crippen molar-refractivity contribution in [2.75, 3.05) is 0 Å². The van der Waals surface area contributed by atoms with Crippen LogP contribution in [-0.4, -0.2) is 30.8 Å². The Bertz CT molecular complexity index is 618. The molecule has 0 saturated heterocycles. The number of benzene rings is 1. The zero-order valence-electron chi connectivity index (χ0n) is 10.6. The van der Waals surface area contributed by atoms with Crippen molar-refractivity contribution >= 4 is 35.0 Å². The summed E-state index contributed by atoms with van der Waals surface area (Å²) in [7, 11) is 0. The second kappa shape index (κ2) is 5.20. The summed E-state index contributed by atoms with van der Waals surface area (Å²) in [5.74, 6) is 0. The Morgan fingerprint density at radius 1 is 1.35 bits per heavy atom. The van der Waals surface area contributed by atoms with Crippen molar-refractivity contribution in [3.63, 3.8) is 0 Å². The van der Waals surface area contributed by atoms with Gasteiger partial charge in [0.2, 0.25) is 0 Å². The average molecular weight is 310 g/mol. The van der Waals surface area contributed by atoms with Gasteiger partial charge in [0.15, 0.2) is 0 Å². The molecular formula is C14H13Cl2N3O. The predicted octanol–water partition coefficient (Wildman–Crippen LogP) is 3.06. The van der Waals surface area contributed by atoms with Crippen molar-refractivity contribution in [2.24, 2.45) is 0 Å². The number of nitrogens with zero attached hydrogens (tertiary/aromatic N) is 3. The highest BCUT2D eigenvalue weighted by molar-refractivity contribution is 6.30. The van der Waals surface area contributed by atoms with Gasteiger partial charge in [-0.15, -0.1) is 11.6 Å². The van der Waals surface area contributed by atoms with Gasteiger partial charge in [-0.3, -0.25) is 0 Å². The van der Waals surface area contributed by atoms with Crippen LogP contribution in [0.15, 0.2) is 36.9 Å². The van der Waals surface area contributed by atoms with E-state index in [0.29, 0.717) is 10.7 Å². The molecule has 6 heteroatoms. The van der Waals surface area contributed by atoms with E-state index >= 15 is 0 Å². The maximum absolute atomic E-state index is 10.5. The third-order valence-corrected chi connectivity index (χ3v) is 4.20. The van der Waals surface area contributed by atoms with Gasteiger partial charge in [-0.05, 0) is 36.6 Å². The number of rotatable bonds is 4. The van der Waals surface area contributed by atoms with Gasteiger partial charge in [-0.2, -0.15) is 5.10 Å². The van der Waals surface area contributed by atoms with Gasteiger partial charge < -0.3 is 5.11 Å². The van der Waals surface area contributed by atoms with Crippen LogP contribution in [0.1, 0.15) is 18.4 Å². The fraction of sp³-hybridized carbons (Fsp3) is 0.286. The maximum atomic E-state index is 10.5. The fourth-order valence-electron chi connectivity index (χ4n) is 2.00. The van der Waals surface area contributed by atoms with Crippen LogP contribution < -0.4 is 0 Å². The number of halogens is 2. The number of aliphatic hydroxyl groups is 1. The molecule has 1 aliphatic rings. The highest BCUT2D eigenvalue weighted by atomic mass is 35.5. The summed E-state index contributed by atoms with van der Waals surface area (Å²) in [6.07, 6.45) is 5.62. The van der Waals surface area contributed by atoms with Crippen LogP contribution in [0, 0.1) is 0 Å². The van der Waals surface area contributed by atoms with E-state index in [-0.39, 0.29) is 0 Å². The lowest BCUT2D eigenvalue weighted by Crippen LogP contribution is -2.27. The molecule has 1 unspecified atom stereocenters. The van der Waals surface area contributed by atoms with Crippen molar-refractivity contribution in [1.29, 1.82) is 0 Å². The van der Waals surface area contributed by atoms with E-state index in [4.69, 9.17) is 23.2 Å². The average Bonchev–Trinajstić information content (AvgIpc) is 2.99. The molecule has 0 spiro atoms. The molecule has 3 rings (SSSR count). The van der Waals surface area contributed by atoms with Gasteiger partial charge in [-0.25, -0.2) is 9.67 Å². The third kappa shape index (κ3) is 2.73. The van der Waals surface area contributed by atoms with Crippen LogP contribution >= 0.6 is 23.2 Å². The monoisotopic (exact) mass is 309 g/mol. The van der Waals surface area contributed by atoms with Crippen molar-refractivity contribution < 1.29 is 5.11 Å². The first-order valence-corrected chi connectivity index (χ1v) is 7.03. The van der Waals surface area contributed by atoms with Crippen LogP contribution in [0.25, 0.3) is 11.8 Å². The minimum absolute atomic E-state index is 0.579. The summed E-state index contributed by atoms with van der Waals surface area (Å²) in [6, 6.07) is 7.35. The molecule has 0 bridgehead atoms. The Hall–Kier alpha value is -1.36. The molecule has 2 aromatic rings. The van der Waals surface area contributed by atoms with E-state index in [2.05, 4.69) is 10.1 Å². The Balaban J connectivity index is 1.99. The lowest BCUT2D eigenvalue weighted by molar-refractivity contribution is 0.212. The second-order valence-corrected chi connectivity index (χ2v) is 6.09. The summed E-state index contributed by atoms with van der Waals surface area (Å²) in [5.41, 5.74) is 1.53. The molecule has 4 nitrogen and oxygen atoms in total.